The zero-order chi connectivity index (χ0) is 36.4. The standard InChI is InChI=1S/C27H45N9O12.Fe/c1-16(37)34(46)10-4-7-19-25(43)30-14-23(41)28-13-22(40)29-15-24(42)31-20(8-5-11-35(47)17(2)38)26(44)33-21(27(45)32-19)9-6-12-36(48)18(3)39;/h19-21,46-48H,4-15H2,1-3H3,(H,28,41)(H,29,40)(H,30,43)(H,31,42)(H,32,45)(H,33,44);/p+3/t19-,20-,21-;/m0./s1. The van der Waals surface area contributed by atoms with E-state index in [9.17, 15) is 58.8 Å². The van der Waals surface area contributed by atoms with E-state index >= 15 is 0 Å². The summed E-state index contributed by atoms with van der Waals surface area (Å²) in [5, 5.41) is 45.3. The third-order valence-corrected chi connectivity index (χ3v) is 6.94. The van der Waals surface area contributed by atoms with Crippen LogP contribution in [0.15, 0.2) is 0 Å². The van der Waals surface area contributed by atoms with Crippen molar-refractivity contribution in [3.63, 3.8) is 0 Å². The van der Waals surface area contributed by atoms with Crippen molar-refractivity contribution in [2.24, 2.45) is 0 Å². The van der Waals surface area contributed by atoms with Crippen molar-refractivity contribution in [3.8, 4) is 0 Å². The fourth-order valence-electron chi connectivity index (χ4n) is 4.19. The summed E-state index contributed by atoms with van der Waals surface area (Å²) in [6.07, 6.45) is -0.199. The molecule has 1 saturated heterocycles. The van der Waals surface area contributed by atoms with Crippen molar-refractivity contribution in [2.45, 2.75) is 77.4 Å². The molecule has 1 rings (SSSR count). The van der Waals surface area contributed by atoms with Gasteiger partial charge in [0.2, 0.25) is 35.4 Å². The normalized spacial score (nSPS) is 19.6. The van der Waals surface area contributed by atoms with Crippen LogP contribution in [0.1, 0.15) is 59.3 Å². The summed E-state index contributed by atoms with van der Waals surface area (Å²) in [4.78, 5) is 106. The number of nitrogens with zero attached hydrogens (tertiary/aromatic N) is 3. The van der Waals surface area contributed by atoms with Gasteiger partial charge >= 0.3 is 17.7 Å². The van der Waals surface area contributed by atoms with Gasteiger partial charge in [-0.1, -0.05) is 0 Å². The summed E-state index contributed by atoms with van der Waals surface area (Å²) in [6.45, 7) is 1.52. The number of rotatable bonds is 12. The van der Waals surface area contributed by atoms with Crippen LogP contribution in [0.25, 0.3) is 0 Å². The Morgan fingerprint density at radius 2 is 0.857 bits per heavy atom. The largest absolute Gasteiger partial charge is 0.412 e. The molecule has 49 heavy (non-hydrogen) atoms. The summed E-state index contributed by atoms with van der Waals surface area (Å²) in [6, 6.07) is -4.00. The second kappa shape index (κ2) is 23.1. The van der Waals surface area contributed by atoms with E-state index in [2.05, 4.69) is 31.9 Å². The van der Waals surface area contributed by atoms with Crippen LogP contribution in [0.3, 0.4) is 0 Å². The molecule has 278 valence electrons. The Hall–Kier alpha value is -4.37. The van der Waals surface area contributed by atoms with Gasteiger partial charge in [-0.05, 0) is 38.5 Å². The molecule has 12 N–H and O–H groups in total. The van der Waals surface area contributed by atoms with E-state index in [-0.39, 0.29) is 75.2 Å². The Morgan fingerprint density at radius 3 is 1.22 bits per heavy atom. The van der Waals surface area contributed by atoms with Gasteiger partial charge in [0.25, 0.3) is 0 Å². The van der Waals surface area contributed by atoms with Crippen molar-refractivity contribution in [2.75, 3.05) is 39.3 Å². The minimum atomic E-state index is -1.37. The van der Waals surface area contributed by atoms with E-state index < -0.39 is 90.9 Å². The van der Waals surface area contributed by atoms with E-state index in [0.29, 0.717) is 15.2 Å². The first-order chi connectivity index (χ1) is 22.5. The average molecular weight is 747 g/mol. The Morgan fingerprint density at radius 1 is 0.551 bits per heavy atom. The molecule has 0 spiro atoms. The average Bonchev–Trinajstić information content (AvgIpc) is 3.02. The predicted molar refractivity (Wildman–Crippen MR) is 166 cm³/mol. The summed E-state index contributed by atoms with van der Waals surface area (Å²) < 4.78 is 0. The molecule has 0 aromatic heterocycles. The molecule has 22 heteroatoms. The fraction of sp³-hybridized carbons (Fsp3) is 0.667. The molecule has 1 fully saturated rings. The monoisotopic (exact) mass is 746 g/mol. The number of carbonyl (C=O) groups is 6. The van der Waals surface area contributed by atoms with E-state index in [0.717, 1.165) is 0 Å². The first kappa shape index (κ1) is 44.6. The zero-order valence-electron chi connectivity index (χ0n) is 27.5. The van der Waals surface area contributed by atoms with Crippen LogP contribution in [0.4, 0.5) is 0 Å². The van der Waals surface area contributed by atoms with Crippen LogP contribution in [0.2, 0.25) is 0 Å². The summed E-state index contributed by atoms with van der Waals surface area (Å²) >= 11 is 0. The van der Waals surface area contributed by atoms with Crippen molar-refractivity contribution >= 4 is 53.2 Å². The van der Waals surface area contributed by atoms with Gasteiger partial charge in [-0.2, -0.15) is 15.2 Å². The third-order valence-electron chi connectivity index (χ3n) is 6.94. The van der Waals surface area contributed by atoms with Crippen LogP contribution in [-0.2, 0) is 45.8 Å². The van der Waals surface area contributed by atoms with Crippen LogP contribution < -0.4 is 31.9 Å². The van der Waals surface area contributed by atoms with Gasteiger partial charge in [-0.3, -0.25) is 58.8 Å². The predicted octanol–water partition coefficient (Wildman–Crippen LogP) is -4.22. The SMILES string of the molecule is CC(=[OH+])N(O)CCC[C@@H]1NC(=O)CNC(=O)CNC(=O)CNC(=O)[C@H](CCCN(O)C(C)=[OH+])NC(=O)[C@H](CCCN(O)C(C)=[OH+])NC1=O.[Fe]. The summed E-state index contributed by atoms with van der Waals surface area (Å²) in [5.74, 6) is -6.09. The first-order valence-electron chi connectivity index (χ1n) is 15.2. The summed E-state index contributed by atoms with van der Waals surface area (Å²) in [5.41, 5.74) is 0. The number of hydroxylamine groups is 6. The number of carbonyl (C=O) groups excluding carboxylic acids is 9. The molecular weight excluding hydrogens is 698 g/mol. The van der Waals surface area contributed by atoms with Gasteiger partial charge in [0.1, 0.15) is 18.1 Å². The number of hydrogen-bond acceptors (Lipinski definition) is 9. The molecule has 0 radical (unpaired) electrons. The zero-order valence-corrected chi connectivity index (χ0v) is 28.6. The van der Waals surface area contributed by atoms with Crippen molar-refractivity contribution in [1.29, 1.82) is 0 Å². The quantitative estimate of drug-likeness (QED) is 0.0404. The Balaban J connectivity index is 0.0000230. The van der Waals surface area contributed by atoms with Gasteiger partial charge in [0.05, 0.1) is 60.0 Å². The fourth-order valence-corrected chi connectivity index (χ4v) is 4.19. The Kier molecular flexibility index (Phi) is 21.0. The number of nitrogens with one attached hydrogen (secondary N) is 6. The molecule has 1 aliphatic heterocycles. The summed E-state index contributed by atoms with van der Waals surface area (Å²) in [7, 11) is 0. The smallest absolute Gasteiger partial charge is 0.346 e. The van der Waals surface area contributed by atoms with E-state index in [1.807, 2.05) is 0 Å². The van der Waals surface area contributed by atoms with Gasteiger partial charge in [0, 0.05) is 17.1 Å². The second-order valence-corrected chi connectivity index (χ2v) is 11.0. The molecule has 0 aliphatic carbocycles. The molecule has 1 aliphatic rings. The Bertz CT molecular complexity index is 1180. The molecule has 0 bridgehead atoms. The van der Waals surface area contributed by atoms with Crippen LogP contribution in [0, 0.1) is 0 Å². The van der Waals surface area contributed by atoms with Crippen molar-refractivity contribution in [1.82, 2.24) is 47.1 Å². The van der Waals surface area contributed by atoms with Crippen LogP contribution >= 0.6 is 0 Å². The number of amides is 9. The molecule has 3 atom stereocenters. The Labute approximate surface area is 292 Å². The van der Waals surface area contributed by atoms with E-state index in [1.54, 1.807) is 0 Å². The van der Waals surface area contributed by atoms with Crippen LogP contribution in [0.5, 0.6) is 0 Å². The molecule has 1 heterocycles. The second-order valence-electron chi connectivity index (χ2n) is 11.0. The van der Waals surface area contributed by atoms with E-state index in [4.69, 9.17) is 0 Å². The molecule has 9 amide bonds. The number of hydrogen-bond donors (Lipinski definition) is 9. The van der Waals surface area contributed by atoms with E-state index in [1.165, 1.54) is 20.8 Å². The molecule has 0 aromatic carbocycles. The maximum atomic E-state index is 13.5. The van der Waals surface area contributed by atoms with Crippen molar-refractivity contribution < 1.29 is 75.8 Å². The van der Waals surface area contributed by atoms with Gasteiger partial charge in [0.15, 0.2) is 0 Å². The molecule has 0 unspecified atom stereocenters. The first-order valence-corrected chi connectivity index (χ1v) is 15.2. The van der Waals surface area contributed by atoms with Gasteiger partial charge in [-0.25, -0.2) is 0 Å². The molecular formula is C27H48FeN9O12+3. The maximum Gasteiger partial charge on any atom is 0.412 e. The molecule has 0 saturated carbocycles. The van der Waals surface area contributed by atoms with Gasteiger partial charge < -0.3 is 31.9 Å². The molecule has 21 nitrogen and oxygen atoms in total. The third kappa shape index (κ3) is 18.1. The topological polar surface area (TPSA) is 309 Å². The van der Waals surface area contributed by atoms with Gasteiger partial charge in [-0.15, -0.1) is 0 Å². The van der Waals surface area contributed by atoms with Crippen LogP contribution in [-0.4, -0.2) is 156 Å². The minimum Gasteiger partial charge on any atom is -0.346 e. The van der Waals surface area contributed by atoms with Crippen molar-refractivity contribution in [3.05, 3.63) is 0 Å². The molecule has 0 aromatic rings. The minimum absolute atomic E-state index is 0. The maximum absolute atomic E-state index is 13.5.